The SMILES string of the molecule is C#CCCCCP(=O)(O)O. The van der Waals surface area contributed by atoms with Crippen LogP contribution in [0.15, 0.2) is 0 Å². The third-order valence-corrected chi connectivity index (χ3v) is 1.92. The third-order valence-electron chi connectivity index (χ3n) is 1.02. The molecule has 0 aliphatic heterocycles. The zero-order chi connectivity index (χ0) is 8.04. The van der Waals surface area contributed by atoms with Crippen LogP contribution in [0.1, 0.15) is 19.3 Å². The summed E-state index contributed by atoms with van der Waals surface area (Å²) < 4.78 is 10.2. The third kappa shape index (κ3) is 7.71. The van der Waals surface area contributed by atoms with E-state index in [1.54, 1.807) is 0 Å². The minimum absolute atomic E-state index is 0.0469. The number of hydrogen-bond donors (Lipinski definition) is 2. The van der Waals surface area contributed by atoms with Crippen molar-refractivity contribution < 1.29 is 14.4 Å². The van der Waals surface area contributed by atoms with Crippen molar-refractivity contribution in [1.29, 1.82) is 0 Å². The van der Waals surface area contributed by atoms with Crippen LogP contribution >= 0.6 is 7.60 Å². The lowest BCUT2D eigenvalue weighted by Gasteiger charge is -2.00. The van der Waals surface area contributed by atoms with E-state index in [2.05, 4.69) is 5.92 Å². The Balaban J connectivity index is 3.23. The first-order valence-electron chi connectivity index (χ1n) is 3.04. The second-order valence-corrected chi connectivity index (χ2v) is 3.83. The zero-order valence-electron chi connectivity index (χ0n) is 5.66. The number of rotatable bonds is 4. The lowest BCUT2D eigenvalue weighted by atomic mass is 10.3. The second kappa shape index (κ2) is 4.51. The van der Waals surface area contributed by atoms with Crippen LogP contribution in [0.2, 0.25) is 0 Å². The lowest BCUT2D eigenvalue weighted by Crippen LogP contribution is -1.86. The molecule has 58 valence electrons. The highest BCUT2D eigenvalue weighted by atomic mass is 31.2. The molecule has 0 aromatic heterocycles. The lowest BCUT2D eigenvalue weighted by molar-refractivity contribution is 0.371. The fourth-order valence-electron chi connectivity index (χ4n) is 0.545. The van der Waals surface area contributed by atoms with Crippen LogP contribution in [-0.4, -0.2) is 15.9 Å². The van der Waals surface area contributed by atoms with Gasteiger partial charge in [0.05, 0.1) is 0 Å². The molecule has 10 heavy (non-hydrogen) atoms. The van der Waals surface area contributed by atoms with E-state index < -0.39 is 7.60 Å². The van der Waals surface area contributed by atoms with Gasteiger partial charge < -0.3 is 9.79 Å². The molecule has 0 aliphatic carbocycles. The molecule has 0 fully saturated rings. The summed E-state index contributed by atoms with van der Waals surface area (Å²) in [5.41, 5.74) is 0. The van der Waals surface area contributed by atoms with Crippen LogP contribution in [0.3, 0.4) is 0 Å². The summed E-state index contributed by atoms with van der Waals surface area (Å²) in [7, 11) is -3.77. The molecule has 0 saturated heterocycles. The van der Waals surface area contributed by atoms with Crippen LogP contribution < -0.4 is 0 Å². The van der Waals surface area contributed by atoms with E-state index >= 15 is 0 Å². The first-order chi connectivity index (χ1) is 4.56. The Hall–Kier alpha value is -0.290. The van der Waals surface area contributed by atoms with Crippen molar-refractivity contribution in [3.05, 3.63) is 0 Å². The van der Waals surface area contributed by atoms with Crippen molar-refractivity contribution in [2.45, 2.75) is 19.3 Å². The number of hydrogen-bond acceptors (Lipinski definition) is 1. The summed E-state index contributed by atoms with van der Waals surface area (Å²) in [5, 5.41) is 0. The van der Waals surface area contributed by atoms with Crippen molar-refractivity contribution in [1.82, 2.24) is 0 Å². The summed E-state index contributed by atoms with van der Waals surface area (Å²) in [4.78, 5) is 16.8. The van der Waals surface area contributed by atoms with Crippen molar-refractivity contribution in [2.24, 2.45) is 0 Å². The zero-order valence-corrected chi connectivity index (χ0v) is 6.55. The number of terminal acetylenes is 1. The quantitative estimate of drug-likeness (QED) is 0.368. The topological polar surface area (TPSA) is 57.5 Å². The fourth-order valence-corrected chi connectivity index (χ4v) is 1.18. The Morgan fingerprint density at radius 1 is 1.40 bits per heavy atom. The van der Waals surface area contributed by atoms with Crippen molar-refractivity contribution >= 4 is 7.60 Å². The maximum absolute atomic E-state index is 10.2. The molecule has 4 heteroatoms. The first-order valence-corrected chi connectivity index (χ1v) is 4.84. The standard InChI is InChI=1S/C6H11O3P/c1-2-3-4-5-6-10(7,8)9/h1H,3-6H2,(H2,7,8,9). The first kappa shape index (κ1) is 9.71. The molecular formula is C6H11O3P. The normalized spacial score (nSPS) is 10.9. The average molecular weight is 162 g/mol. The Labute approximate surface area is 60.6 Å². The van der Waals surface area contributed by atoms with Crippen LogP contribution in [0.4, 0.5) is 0 Å². The van der Waals surface area contributed by atoms with Gasteiger partial charge in [-0.05, 0) is 12.8 Å². The van der Waals surface area contributed by atoms with Gasteiger partial charge in [0.15, 0.2) is 0 Å². The van der Waals surface area contributed by atoms with Gasteiger partial charge in [-0.2, -0.15) is 0 Å². The van der Waals surface area contributed by atoms with Gasteiger partial charge in [0.1, 0.15) is 0 Å². The van der Waals surface area contributed by atoms with Crippen molar-refractivity contribution in [3.8, 4) is 12.3 Å². The second-order valence-electron chi connectivity index (χ2n) is 2.05. The minimum Gasteiger partial charge on any atom is -0.324 e. The molecule has 0 rings (SSSR count). The van der Waals surface area contributed by atoms with Gasteiger partial charge in [0.2, 0.25) is 0 Å². The molecular weight excluding hydrogens is 151 g/mol. The minimum atomic E-state index is -3.77. The molecule has 0 atom stereocenters. The molecule has 0 aromatic carbocycles. The van der Waals surface area contributed by atoms with Gasteiger partial charge in [-0.25, -0.2) is 0 Å². The maximum Gasteiger partial charge on any atom is 0.325 e. The van der Waals surface area contributed by atoms with E-state index in [1.165, 1.54) is 0 Å². The monoisotopic (exact) mass is 162 g/mol. The van der Waals surface area contributed by atoms with E-state index in [-0.39, 0.29) is 6.16 Å². The van der Waals surface area contributed by atoms with Crippen molar-refractivity contribution in [2.75, 3.05) is 6.16 Å². The van der Waals surface area contributed by atoms with E-state index in [0.717, 1.165) is 0 Å². The van der Waals surface area contributed by atoms with Gasteiger partial charge >= 0.3 is 7.60 Å². The average Bonchev–Trinajstić information content (AvgIpc) is 1.78. The van der Waals surface area contributed by atoms with Gasteiger partial charge in [0.25, 0.3) is 0 Å². The van der Waals surface area contributed by atoms with Gasteiger partial charge in [-0.15, -0.1) is 12.3 Å². The van der Waals surface area contributed by atoms with Crippen molar-refractivity contribution in [3.63, 3.8) is 0 Å². The van der Waals surface area contributed by atoms with E-state index in [9.17, 15) is 4.57 Å². The molecule has 2 N–H and O–H groups in total. The van der Waals surface area contributed by atoms with Crippen LogP contribution in [0.25, 0.3) is 0 Å². The predicted octanol–water partition coefficient (Wildman–Crippen LogP) is 0.968. The van der Waals surface area contributed by atoms with Gasteiger partial charge in [-0.3, -0.25) is 4.57 Å². The molecule has 0 unspecified atom stereocenters. The molecule has 0 heterocycles. The molecule has 0 spiro atoms. The Bertz CT molecular complexity index is 164. The molecule has 0 aromatic rings. The van der Waals surface area contributed by atoms with Gasteiger partial charge in [-0.1, -0.05) is 0 Å². The summed E-state index contributed by atoms with van der Waals surface area (Å²) in [6, 6.07) is 0. The smallest absolute Gasteiger partial charge is 0.324 e. The van der Waals surface area contributed by atoms with E-state index in [0.29, 0.717) is 19.3 Å². The molecule has 0 radical (unpaired) electrons. The van der Waals surface area contributed by atoms with E-state index in [1.807, 2.05) is 0 Å². The highest BCUT2D eigenvalue weighted by Gasteiger charge is 2.10. The Morgan fingerprint density at radius 3 is 2.40 bits per heavy atom. The highest BCUT2D eigenvalue weighted by molar-refractivity contribution is 7.51. The van der Waals surface area contributed by atoms with Crippen LogP contribution in [0.5, 0.6) is 0 Å². The number of unbranched alkanes of at least 4 members (excludes halogenated alkanes) is 2. The molecule has 0 saturated carbocycles. The summed E-state index contributed by atoms with van der Waals surface area (Å²) in [5.74, 6) is 2.40. The largest absolute Gasteiger partial charge is 0.325 e. The molecule has 0 aliphatic rings. The summed E-state index contributed by atoms with van der Waals surface area (Å²) in [6.45, 7) is 0. The van der Waals surface area contributed by atoms with E-state index in [4.69, 9.17) is 16.2 Å². The molecule has 0 bridgehead atoms. The Morgan fingerprint density at radius 2 is 2.00 bits per heavy atom. The molecule has 3 nitrogen and oxygen atoms in total. The van der Waals surface area contributed by atoms with Crippen LogP contribution in [-0.2, 0) is 4.57 Å². The Kier molecular flexibility index (Phi) is 4.38. The van der Waals surface area contributed by atoms with Gasteiger partial charge in [0, 0.05) is 12.6 Å². The maximum atomic E-state index is 10.2. The summed E-state index contributed by atoms with van der Waals surface area (Å²) >= 11 is 0. The highest BCUT2D eigenvalue weighted by Crippen LogP contribution is 2.35. The predicted molar refractivity (Wildman–Crippen MR) is 39.6 cm³/mol. The molecule has 0 amide bonds. The fraction of sp³-hybridized carbons (Fsp3) is 0.667. The summed E-state index contributed by atoms with van der Waals surface area (Å²) in [6.07, 6.45) is 6.69. The van der Waals surface area contributed by atoms with Crippen LogP contribution in [0, 0.1) is 12.3 Å².